The highest BCUT2D eigenvalue weighted by Crippen LogP contribution is 2.40. The largest absolute Gasteiger partial charge is 0.493 e. The average molecular weight is 482 g/mol. The molecule has 0 atom stereocenters. The summed E-state index contributed by atoms with van der Waals surface area (Å²) in [5.41, 5.74) is 3.01. The van der Waals surface area contributed by atoms with Gasteiger partial charge in [0.25, 0.3) is 0 Å². The molecule has 4 rings (SSSR count). The zero-order chi connectivity index (χ0) is 25.1. The molecule has 2 aromatic carbocycles. The van der Waals surface area contributed by atoms with Crippen molar-refractivity contribution in [2.45, 2.75) is 13.8 Å². The molecule has 0 radical (unpaired) electrons. The van der Waals surface area contributed by atoms with E-state index < -0.39 is 12.6 Å². The van der Waals surface area contributed by atoms with E-state index in [-0.39, 0.29) is 22.8 Å². The molecule has 0 saturated heterocycles. The molecule has 35 heavy (non-hydrogen) atoms. The summed E-state index contributed by atoms with van der Waals surface area (Å²) in [4.78, 5) is 25.8. The van der Waals surface area contributed by atoms with Gasteiger partial charge < -0.3 is 33.0 Å². The van der Waals surface area contributed by atoms with Gasteiger partial charge >= 0.3 is 5.97 Å². The number of nitrogens with zero attached hydrogens (tertiary/aromatic N) is 1. The predicted molar refractivity (Wildman–Crippen MR) is 127 cm³/mol. The lowest BCUT2D eigenvalue weighted by atomic mass is 10.1. The summed E-state index contributed by atoms with van der Waals surface area (Å²) in [5.74, 6) is 1.15. The van der Waals surface area contributed by atoms with Crippen molar-refractivity contribution < 1.29 is 38.0 Å². The fraction of sp³-hybridized carbons (Fsp3) is 0.308. The summed E-state index contributed by atoms with van der Waals surface area (Å²) in [6.45, 7) is 4.32. The first-order chi connectivity index (χ1) is 16.9. The van der Waals surface area contributed by atoms with E-state index in [2.05, 4.69) is 0 Å². The molecule has 0 unspecified atom stereocenters. The first kappa shape index (κ1) is 24.0. The Balaban J connectivity index is 1.53. The van der Waals surface area contributed by atoms with E-state index in [1.54, 1.807) is 12.1 Å². The minimum atomic E-state index is -0.711. The van der Waals surface area contributed by atoms with Crippen molar-refractivity contribution in [3.05, 3.63) is 58.9 Å². The molecule has 0 fully saturated rings. The highest BCUT2D eigenvalue weighted by Gasteiger charge is 2.24. The van der Waals surface area contributed by atoms with Crippen LogP contribution in [0.25, 0.3) is 5.69 Å². The van der Waals surface area contributed by atoms with E-state index in [4.69, 9.17) is 28.4 Å². The van der Waals surface area contributed by atoms with Crippen molar-refractivity contribution in [2.75, 3.05) is 41.2 Å². The monoisotopic (exact) mass is 481 g/mol. The van der Waals surface area contributed by atoms with Crippen LogP contribution < -0.4 is 23.7 Å². The Labute approximate surface area is 203 Å². The van der Waals surface area contributed by atoms with Crippen LogP contribution in [0.15, 0.2) is 36.4 Å². The maximum atomic E-state index is 13.0. The maximum Gasteiger partial charge on any atom is 0.342 e. The molecule has 9 nitrogen and oxygen atoms in total. The second-order valence-corrected chi connectivity index (χ2v) is 7.83. The number of hydrogen-bond acceptors (Lipinski definition) is 8. The lowest BCUT2D eigenvalue weighted by Crippen LogP contribution is -2.16. The average Bonchev–Trinajstić information content (AvgIpc) is 3.19. The van der Waals surface area contributed by atoms with Gasteiger partial charge in [-0.2, -0.15) is 0 Å². The van der Waals surface area contributed by atoms with Gasteiger partial charge in [-0.15, -0.1) is 0 Å². The SMILES string of the molecule is COc1ccc(C(=O)OCC(=O)c2cc(C)n(-c3ccc4c(c3)OCCO4)c2C)c(OC)c1OC. The van der Waals surface area contributed by atoms with Gasteiger partial charge in [0.1, 0.15) is 18.8 Å². The summed E-state index contributed by atoms with van der Waals surface area (Å²) in [5, 5.41) is 0. The Hall–Kier alpha value is -4.14. The quantitative estimate of drug-likeness (QED) is 0.353. The van der Waals surface area contributed by atoms with E-state index in [0.29, 0.717) is 36.0 Å². The Morgan fingerprint density at radius 2 is 1.57 bits per heavy atom. The van der Waals surface area contributed by atoms with Crippen molar-refractivity contribution in [1.82, 2.24) is 4.57 Å². The van der Waals surface area contributed by atoms with Gasteiger partial charge in [0.15, 0.2) is 29.6 Å². The number of esters is 1. The minimum absolute atomic E-state index is 0.125. The third-order valence-corrected chi connectivity index (χ3v) is 5.77. The molecular formula is C26H27NO8. The molecule has 184 valence electrons. The fourth-order valence-electron chi connectivity index (χ4n) is 4.16. The van der Waals surface area contributed by atoms with Crippen LogP contribution in [0.2, 0.25) is 0 Å². The number of carbonyl (C=O) groups excluding carboxylic acids is 2. The summed E-state index contributed by atoms with van der Waals surface area (Å²) in [6, 6.07) is 10.5. The Morgan fingerprint density at radius 1 is 0.857 bits per heavy atom. The Morgan fingerprint density at radius 3 is 2.26 bits per heavy atom. The molecular weight excluding hydrogens is 454 g/mol. The summed E-state index contributed by atoms with van der Waals surface area (Å²) < 4.78 is 34.4. The zero-order valence-electron chi connectivity index (χ0n) is 20.3. The summed E-state index contributed by atoms with van der Waals surface area (Å²) in [7, 11) is 4.33. The maximum absolute atomic E-state index is 13.0. The lowest BCUT2D eigenvalue weighted by Gasteiger charge is -2.20. The number of fused-ring (bicyclic) bond motifs is 1. The molecule has 0 N–H and O–H groups in total. The highest BCUT2D eigenvalue weighted by molar-refractivity contribution is 6.01. The number of aromatic nitrogens is 1. The molecule has 2 heterocycles. The third-order valence-electron chi connectivity index (χ3n) is 5.77. The molecule has 1 aromatic heterocycles. The number of ketones is 1. The number of rotatable bonds is 8. The topological polar surface area (TPSA) is 94.5 Å². The second kappa shape index (κ2) is 10.0. The van der Waals surface area contributed by atoms with Gasteiger partial charge in [0, 0.05) is 28.7 Å². The standard InChI is InChI=1S/C26H27NO8/c1-15-12-19(16(2)27(15)17-6-8-21-23(13-17)34-11-10-33-21)20(28)14-35-26(29)18-7-9-22(30-3)25(32-5)24(18)31-4/h6-9,12-13H,10-11,14H2,1-5H3. The molecule has 0 amide bonds. The number of aryl methyl sites for hydroxylation is 1. The van der Waals surface area contributed by atoms with Gasteiger partial charge in [0.2, 0.25) is 11.5 Å². The van der Waals surface area contributed by atoms with Crippen molar-refractivity contribution in [2.24, 2.45) is 0 Å². The molecule has 0 spiro atoms. The van der Waals surface area contributed by atoms with Crippen LogP contribution in [0.3, 0.4) is 0 Å². The van der Waals surface area contributed by atoms with Gasteiger partial charge in [0.05, 0.1) is 21.3 Å². The minimum Gasteiger partial charge on any atom is -0.493 e. The van der Waals surface area contributed by atoms with E-state index in [1.807, 2.05) is 36.6 Å². The second-order valence-electron chi connectivity index (χ2n) is 7.83. The van der Waals surface area contributed by atoms with Crippen molar-refractivity contribution >= 4 is 11.8 Å². The molecule has 0 aliphatic carbocycles. The predicted octanol–water partition coefficient (Wildman–Crippen LogP) is 3.93. The van der Waals surface area contributed by atoms with E-state index >= 15 is 0 Å². The van der Waals surface area contributed by atoms with Crippen molar-refractivity contribution in [3.63, 3.8) is 0 Å². The molecule has 3 aromatic rings. The van der Waals surface area contributed by atoms with Crippen molar-refractivity contribution in [3.8, 4) is 34.4 Å². The molecule has 1 aliphatic rings. The number of carbonyl (C=O) groups is 2. The summed E-state index contributed by atoms with van der Waals surface area (Å²) in [6.07, 6.45) is 0. The van der Waals surface area contributed by atoms with Crippen LogP contribution in [0, 0.1) is 13.8 Å². The van der Waals surface area contributed by atoms with Crippen LogP contribution >= 0.6 is 0 Å². The normalized spacial score (nSPS) is 12.1. The van der Waals surface area contributed by atoms with Gasteiger partial charge in [-0.1, -0.05) is 0 Å². The van der Waals surface area contributed by atoms with Gasteiger partial charge in [-0.25, -0.2) is 4.79 Å². The van der Waals surface area contributed by atoms with Gasteiger partial charge in [-0.05, 0) is 44.2 Å². The first-order valence-electron chi connectivity index (χ1n) is 11.0. The Bertz CT molecular complexity index is 1280. The number of benzene rings is 2. The first-order valence-corrected chi connectivity index (χ1v) is 11.0. The highest BCUT2D eigenvalue weighted by atomic mass is 16.6. The molecule has 9 heteroatoms. The molecule has 0 saturated carbocycles. The van der Waals surface area contributed by atoms with Crippen LogP contribution in [-0.4, -0.2) is 57.5 Å². The van der Waals surface area contributed by atoms with E-state index in [0.717, 1.165) is 17.1 Å². The van der Waals surface area contributed by atoms with Crippen LogP contribution in [0.1, 0.15) is 32.1 Å². The van der Waals surface area contributed by atoms with Crippen molar-refractivity contribution in [1.29, 1.82) is 0 Å². The van der Waals surface area contributed by atoms with Crippen LogP contribution in [-0.2, 0) is 4.74 Å². The zero-order valence-corrected chi connectivity index (χ0v) is 20.3. The fourth-order valence-corrected chi connectivity index (χ4v) is 4.16. The van der Waals surface area contributed by atoms with E-state index in [1.165, 1.54) is 27.4 Å². The third kappa shape index (κ3) is 4.49. The number of hydrogen-bond donors (Lipinski definition) is 0. The van der Waals surface area contributed by atoms with Crippen LogP contribution in [0.4, 0.5) is 0 Å². The van der Waals surface area contributed by atoms with Crippen LogP contribution in [0.5, 0.6) is 28.7 Å². The number of ether oxygens (including phenoxy) is 6. The Kier molecular flexibility index (Phi) is 6.86. The lowest BCUT2D eigenvalue weighted by molar-refractivity contribution is 0.0470. The number of methoxy groups -OCH3 is 3. The molecule has 1 aliphatic heterocycles. The molecule has 0 bridgehead atoms. The number of Topliss-reactive ketones (excluding diaryl/α,β-unsaturated/α-hetero) is 1. The van der Waals surface area contributed by atoms with Gasteiger partial charge in [-0.3, -0.25) is 4.79 Å². The smallest absolute Gasteiger partial charge is 0.342 e. The summed E-state index contributed by atoms with van der Waals surface area (Å²) >= 11 is 0. The van der Waals surface area contributed by atoms with E-state index in [9.17, 15) is 9.59 Å².